The molecule has 1 rings (SSSR count). The van der Waals surface area contributed by atoms with E-state index in [1.807, 2.05) is 0 Å². The van der Waals surface area contributed by atoms with Gasteiger partial charge in [0.2, 0.25) is 0 Å². The van der Waals surface area contributed by atoms with Crippen LogP contribution in [0.5, 0.6) is 0 Å². The van der Waals surface area contributed by atoms with Crippen molar-refractivity contribution in [2.45, 2.75) is 24.9 Å². The van der Waals surface area contributed by atoms with Gasteiger partial charge in [0.25, 0.3) is 0 Å². The molecular weight excluding hydrogens is 293 g/mol. The Morgan fingerprint density at radius 3 is 2.10 bits per heavy atom. The third-order valence-electron chi connectivity index (χ3n) is 2.83. The third kappa shape index (κ3) is 3.09. The highest BCUT2D eigenvalue weighted by Crippen LogP contribution is 2.38. The fraction of sp³-hybridized carbons (Fsp3) is 0.308. The van der Waals surface area contributed by atoms with Crippen LogP contribution in [0.15, 0.2) is 23.6 Å². The summed E-state index contributed by atoms with van der Waals surface area (Å²) in [7, 11) is -4.10. The second-order valence-corrected chi connectivity index (χ2v) is 6.37. The van der Waals surface area contributed by atoms with Gasteiger partial charge in [-0.2, -0.15) is 13.2 Å². The normalized spacial score (nSPS) is 12.3. The summed E-state index contributed by atoms with van der Waals surface area (Å²) in [5, 5.41) is 0. The van der Waals surface area contributed by atoms with Crippen LogP contribution in [0.2, 0.25) is 0 Å². The highest BCUT2D eigenvalue weighted by molar-refractivity contribution is 7.90. The standard InChI is InChI=1S/C13H13F3O3S/c1-7(9(3)17)10-5-6-11(13(14,15)16)12(8(10)2)20(4,18)19/h5-6H,1H2,2-4H3. The van der Waals surface area contributed by atoms with E-state index in [9.17, 15) is 26.4 Å². The van der Waals surface area contributed by atoms with E-state index in [2.05, 4.69) is 6.58 Å². The van der Waals surface area contributed by atoms with Crippen LogP contribution in [0.25, 0.3) is 5.57 Å². The zero-order chi connectivity index (χ0) is 15.9. The molecular formula is C13H13F3O3S. The Bertz CT molecular complexity index is 686. The molecule has 0 saturated heterocycles. The van der Waals surface area contributed by atoms with E-state index in [1.165, 1.54) is 13.8 Å². The van der Waals surface area contributed by atoms with Gasteiger partial charge in [-0.1, -0.05) is 12.6 Å². The van der Waals surface area contributed by atoms with Crippen molar-refractivity contribution in [3.8, 4) is 0 Å². The molecule has 0 bridgehead atoms. The summed E-state index contributed by atoms with van der Waals surface area (Å²) < 4.78 is 62.0. The summed E-state index contributed by atoms with van der Waals surface area (Å²) in [6.45, 7) is 5.91. The van der Waals surface area contributed by atoms with Crippen LogP contribution < -0.4 is 0 Å². The number of benzene rings is 1. The predicted molar refractivity (Wildman–Crippen MR) is 69.0 cm³/mol. The van der Waals surface area contributed by atoms with Crippen LogP contribution in [-0.4, -0.2) is 20.5 Å². The van der Waals surface area contributed by atoms with Crippen molar-refractivity contribution in [2.24, 2.45) is 0 Å². The van der Waals surface area contributed by atoms with E-state index in [-0.39, 0.29) is 16.7 Å². The van der Waals surface area contributed by atoms with E-state index >= 15 is 0 Å². The molecule has 20 heavy (non-hydrogen) atoms. The van der Waals surface area contributed by atoms with E-state index in [1.54, 1.807) is 0 Å². The first kappa shape index (κ1) is 16.4. The van der Waals surface area contributed by atoms with Crippen molar-refractivity contribution in [3.05, 3.63) is 35.4 Å². The lowest BCUT2D eigenvalue weighted by Gasteiger charge is -2.17. The topological polar surface area (TPSA) is 51.2 Å². The minimum atomic E-state index is -4.79. The number of alkyl halides is 3. The first-order valence-corrected chi connectivity index (χ1v) is 7.37. The maximum atomic E-state index is 12.9. The predicted octanol–water partition coefficient (Wildman–Crippen LogP) is 3.02. The average Bonchev–Trinajstić information content (AvgIpc) is 2.24. The quantitative estimate of drug-likeness (QED) is 0.807. The number of carbonyl (C=O) groups is 1. The molecule has 0 saturated carbocycles. The molecule has 0 aliphatic heterocycles. The smallest absolute Gasteiger partial charge is 0.295 e. The average molecular weight is 306 g/mol. The van der Waals surface area contributed by atoms with Crippen LogP contribution in [-0.2, 0) is 20.8 Å². The van der Waals surface area contributed by atoms with E-state index < -0.39 is 32.3 Å². The molecule has 3 nitrogen and oxygen atoms in total. The fourth-order valence-corrected chi connectivity index (χ4v) is 3.16. The molecule has 0 heterocycles. The van der Waals surface area contributed by atoms with E-state index in [0.717, 1.165) is 6.07 Å². The Balaban J connectivity index is 3.79. The van der Waals surface area contributed by atoms with Crippen LogP contribution in [0.1, 0.15) is 23.6 Å². The van der Waals surface area contributed by atoms with Gasteiger partial charge >= 0.3 is 6.18 Å². The van der Waals surface area contributed by atoms with Crippen LogP contribution in [0.4, 0.5) is 13.2 Å². The molecule has 0 aliphatic rings. The van der Waals surface area contributed by atoms with Gasteiger partial charge in [-0.05, 0) is 31.0 Å². The van der Waals surface area contributed by atoms with Gasteiger partial charge in [0.05, 0.1) is 10.5 Å². The number of ketones is 1. The molecule has 0 unspecified atom stereocenters. The molecule has 0 radical (unpaired) electrons. The highest BCUT2D eigenvalue weighted by Gasteiger charge is 2.37. The van der Waals surface area contributed by atoms with Gasteiger partial charge in [0, 0.05) is 11.8 Å². The lowest BCUT2D eigenvalue weighted by Crippen LogP contribution is -2.15. The molecule has 0 spiro atoms. The van der Waals surface area contributed by atoms with Crippen molar-refractivity contribution in [2.75, 3.05) is 6.26 Å². The van der Waals surface area contributed by atoms with Crippen molar-refractivity contribution in [1.82, 2.24) is 0 Å². The second kappa shape index (κ2) is 5.05. The first-order chi connectivity index (χ1) is 8.87. The Labute approximate surface area is 115 Å². The summed E-state index contributed by atoms with van der Waals surface area (Å²) in [6, 6.07) is 1.73. The van der Waals surface area contributed by atoms with E-state index in [4.69, 9.17) is 0 Å². The molecule has 0 amide bonds. The summed E-state index contributed by atoms with van der Waals surface area (Å²) in [4.78, 5) is 10.5. The molecule has 0 aromatic heterocycles. The van der Waals surface area contributed by atoms with Crippen molar-refractivity contribution in [3.63, 3.8) is 0 Å². The fourth-order valence-electron chi connectivity index (χ4n) is 1.91. The second-order valence-electron chi connectivity index (χ2n) is 4.42. The maximum absolute atomic E-state index is 12.9. The Morgan fingerprint density at radius 1 is 1.25 bits per heavy atom. The summed E-state index contributed by atoms with van der Waals surface area (Å²) in [5.74, 6) is -0.438. The molecule has 1 aromatic carbocycles. The molecule has 0 N–H and O–H groups in total. The molecule has 0 fully saturated rings. The molecule has 7 heteroatoms. The molecule has 1 aromatic rings. The number of allylic oxidation sites excluding steroid dienone is 1. The van der Waals surface area contributed by atoms with Gasteiger partial charge in [0.1, 0.15) is 0 Å². The van der Waals surface area contributed by atoms with Crippen LogP contribution in [0.3, 0.4) is 0 Å². The van der Waals surface area contributed by atoms with E-state index in [0.29, 0.717) is 12.3 Å². The molecule has 110 valence electrons. The van der Waals surface area contributed by atoms with Gasteiger partial charge in [0.15, 0.2) is 15.6 Å². The van der Waals surface area contributed by atoms with Crippen molar-refractivity contribution < 1.29 is 26.4 Å². The Kier molecular flexibility index (Phi) is 4.14. The number of carbonyl (C=O) groups excluding carboxylic acids is 1. The lowest BCUT2D eigenvalue weighted by atomic mass is 9.97. The molecule has 0 atom stereocenters. The minimum absolute atomic E-state index is 0.0267. The summed E-state index contributed by atoms with van der Waals surface area (Å²) in [5.41, 5.74) is -1.29. The number of halogens is 3. The van der Waals surface area contributed by atoms with Crippen molar-refractivity contribution >= 4 is 21.2 Å². The minimum Gasteiger partial charge on any atom is -0.295 e. The largest absolute Gasteiger partial charge is 0.417 e. The number of Topliss-reactive ketones (excluding diaryl/α,β-unsaturated/α-hetero) is 1. The SMILES string of the molecule is C=C(C(C)=O)c1ccc(C(F)(F)F)c(S(C)(=O)=O)c1C. The van der Waals surface area contributed by atoms with Crippen LogP contribution >= 0.6 is 0 Å². The van der Waals surface area contributed by atoms with Gasteiger partial charge in [-0.3, -0.25) is 4.79 Å². The highest BCUT2D eigenvalue weighted by atomic mass is 32.2. The van der Waals surface area contributed by atoms with Gasteiger partial charge < -0.3 is 0 Å². The lowest BCUT2D eigenvalue weighted by molar-refractivity contribution is -0.139. The number of rotatable bonds is 3. The third-order valence-corrected chi connectivity index (χ3v) is 4.10. The van der Waals surface area contributed by atoms with Crippen molar-refractivity contribution in [1.29, 1.82) is 0 Å². The van der Waals surface area contributed by atoms with Crippen LogP contribution in [0, 0.1) is 6.92 Å². The zero-order valence-electron chi connectivity index (χ0n) is 11.1. The monoisotopic (exact) mass is 306 g/mol. The molecule has 0 aliphatic carbocycles. The Morgan fingerprint density at radius 2 is 1.75 bits per heavy atom. The first-order valence-electron chi connectivity index (χ1n) is 5.48. The maximum Gasteiger partial charge on any atom is 0.417 e. The van der Waals surface area contributed by atoms with Gasteiger partial charge in [-0.15, -0.1) is 0 Å². The number of sulfone groups is 1. The Hall–Kier alpha value is -1.63. The number of hydrogen-bond donors (Lipinski definition) is 0. The zero-order valence-corrected chi connectivity index (χ0v) is 11.9. The summed E-state index contributed by atoms with van der Waals surface area (Å²) in [6.07, 6.45) is -4.09. The summed E-state index contributed by atoms with van der Waals surface area (Å²) >= 11 is 0. The number of hydrogen-bond acceptors (Lipinski definition) is 3. The van der Waals surface area contributed by atoms with Gasteiger partial charge in [-0.25, -0.2) is 8.42 Å².